The summed E-state index contributed by atoms with van der Waals surface area (Å²) in [6.07, 6.45) is 0. The van der Waals surface area contributed by atoms with Gasteiger partial charge in [-0.3, -0.25) is 4.99 Å². The Morgan fingerprint density at radius 3 is 2.70 bits per heavy atom. The Morgan fingerprint density at radius 1 is 1.15 bits per heavy atom. The predicted octanol–water partition coefficient (Wildman–Crippen LogP) is 4.01. The third-order valence-corrected chi connectivity index (χ3v) is 4.10. The van der Waals surface area contributed by atoms with Crippen LogP contribution in [0.15, 0.2) is 53.5 Å². The molecule has 1 N–H and O–H groups in total. The number of aliphatic imine (C=N–C) groups is 1. The lowest BCUT2D eigenvalue weighted by Gasteiger charge is -2.02. The molecule has 0 atom stereocenters. The van der Waals surface area contributed by atoms with E-state index in [1.165, 1.54) is 4.70 Å². The van der Waals surface area contributed by atoms with Gasteiger partial charge in [-0.2, -0.15) is 0 Å². The van der Waals surface area contributed by atoms with Gasteiger partial charge in [-0.05, 0) is 31.2 Å². The molecule has 20 heavy (non-hydrogen) atoms. The molecule has 1 aromatic heterocycles. The largest absolute Gasteiger partial charge is 0.507 e. The van der Waals surface area contributed by atoms with E-state index in [4.69, 9.17) is 0 Å². The lowest BCUT2D eigenvalue weighted by Crippen LogP contribution is -1.96. The molecule has 3 rings (SSSR count). The number of aromatic nitrogens is 1. The minimum Gasteiger partial charge on any atom is -0.507 e. The highest BCUT2D eigenvalue weighted by Crippen LogP contribution is 2.23. The molecule has 0 aliphatic carbocycles. The van der Waals surface area contributed by atoms with E-state index in [1.807, 2.05) is 37.3 Å². The molecule has 100 valence electrons. The van der Waals surface area contributed by atoms with Crippen LogP contribution in [0.3, 0.4) is 0 Å². The average molecular weight is 282 g/mol. The summed E-state index contributed by atoms with van der Waals surface area (Å²) in [6, 6.07) is 15.3. The van der Waals surface area contributed by atoms with Crippen LogP contribution in [0.2, 0.25) is 0 Å². The number of thiazole rings is 1. The zero-order valence-corrected chi connectivity index (χ0v) is 11.9. The van der Waals surface area contributed by atoms with Crippen LogP contribution >= 0.6 is 11.3 Å². The second kappa shape index (κ2) is 5.43. The standard InChI is InChI=1S/C16H14N2OS/c1-11(12-6-2-4-8-14(12)19)17-10-16-18-13-7-3-5-9-15(13)20-16/h2-9,19H,10H2,1H3. The van der Waals surface area contributed by atoms with Gasteiger partial charge in [-0.15, -0.1) is 11.3 Å². The Hall–Kier alpha value is -2.20. The predicted molar refractivity (Wildman–Crippen MR) is 83.6 cm³/mol. The van der Waals surface area contributed by atoms with Crippen LogP contribution in [0.4, 0.5) is 0 Å². The Labute approximate surface area is 121 Å². The number of hydrogen-bond acceptors (Lipinski definition) is 4. The fourth-order valence-electron chi connectivity index (χ4n) is 2.04. The molecule has 3 nitrogen and oxygen atoms in total. The number of benzene rings is 2. The van der Waals surface area contributed by atoms with Crippen molar-refractivity contribution in [2.45, 2.75) is 13.5 Å². The van der Waals surface area contributed by atoms with E-state index in [2.05, 4.69) is 16.0 Å². The summed E-state index contributed by atoms with van der Waals surface area (Å²) in [6.45, 7) is 2.45. The van der Waals surface area contributed by atoms with Crippen LogP contribution in [0.5, 0.6) is 5.75 Å². The van der Waals surface area contributed by atoms with Crippen molar-refractivity contribution in [1.82, 2.24) is 4.98 Å². The monoisotopic (exact) mass is 282 g/mol. The number of rotatable bonds is 3. The molecule has 0 unspecified atom stereocenters. The number of nitrogens with zero attached hydrogens (tertiary/aromatic N) is 2. The second-order valence-electron chi connectivity index (χ2n) is 4.49. The lowest BCUT2D eigenvalue weighted by atomic mass is 10.1. The highest BCUT2D eigenvalue weighted by Gasteiger charge is 2.05. The van der Waals surface area contributed by atoms with Gasteiger partial charge in [0.25, 0.3) is 0 Å². The fourth-order valence-corrected chi connectivity index (χ4v) is 2.93. The van der Waals surface area contributed by atoms with Crippen molar-refractivity contribution in [3.63, 3.8) is 0 Å². The first-order valence-corrected chi connectivity index (χ1v) is 7.19. The maximum absolute atomic E-state index is 9.80. The highest BCUT2D eigenvalue weighted by molar-refractivity contribution is 7.18. The molecular formula is C16H14N2OS. The smallest absolute Gasteiger partial charge is 0.124 e. The first-order chi connectivity index (χ1) is 9.74. The van der Waals surface area contributed by atoms with Gasteiger partial charge in [-0.1, -0.05) is 24.3 Å². The number of phenolic OH excluding ortho intramolecular Hbond substituents is 1. The summed E-state index contributed by atoms with van der Waals surface area (Å²) < 4.78 is 1.18. The van der Waals surface area contributed by atoms with Gasteiger partial charge in [0, 0.05) is 11.3 Å². The van der Waals surface area contributed by atoms with Gasteiger partial charge in [0.05, 0.1) is 16.8 Å². The maximum Gasteiger partial charge on any atom is 0.124 e. The zero-order valence-electron chi connectivity index (χ0n) is 11.1. The number of aromatic hydroxyl groups is 1. The fraction of sp³-hybridized carbons (Fsp3) is 0.125. The van der Waals surface area contributed by atoms with Crippen LogP contribution in [0.25, 0.3) is 10.2 Å². The third-order valence-electron chi connectivity index (χ3n) is 3.08. The van der Waals surface area contributed by atoms with Gasteiger partial charge >= 0.3 is 0 Å². The normalized spacial score (nSPS) is 11.9. The summed E-state index contributed by atoms with van der Waals surface area (Å²) in [7, 11) is 0. The van der Waals surface area contributed by atoms with Crippen LogP contribution in [0.1, 0.15) is 17.5 Å². The Morgan fingerprint density at radius 2 is 1.90 bits per heavy atom. The van der Waals surface area contributed by atoms with Crippen molar-refractivity contribution in [2.24, 2.45) is 4.99 Å². The number of para-hydroxylation sites is 2. The topological polar surface area (TPSA) is 45.5 Å². The van der Waals surface area contributed by atoms with Crippen molar-refractivity contribution in [3.8, 4) is 5.75 Å². The van der Waals surface area contributed by atoms with E-state index >= 15 is 0 Å². The molecule has 3 aromatic rings. The van der Waals surface area contributed by atoms with Gasteiger partial charge in [0.2, 0.25) is 0 Å². The van der Waals surface area contributed by atoms with E-state index in [-0.39, 0.29) is 5.75 Å². The SMILES string of the molecule is CC(=NCc1nc2ccccc2s1)c1ccccc1O. The van der Waals surface area contributed by atoms with Crippen molar-refractivity contribution < 1.29 is 5.11 Å². The third kappa shape index (κ3) is 2.56. The Balaban J connectivity index is 1.84. The van der Waals surface area contributed by atoms with Crippen LogP contribution in [0, 0.1) is 0 Å². The van der Waals surface area contributed by atoms with E-state index in [1.54, 1.807) is 23.5 Å². The molecule has 0 saturated carbocycles. The molecule has 0 aliphatic rings. The van der Waals surface area contributed by atoms with Crippen molar-refractivity contribution in [2.75, 3.05) is 0 Å². The molecule has 2 aromatic carbocycles. The number of hydrogen-bond donors (Lipinski definition) is 1. The van der Waals surface area contributed by atoms with E-state index in [9.17, 15) is 5.11 Å². The van der Waals surface area contributed by atoms with E-state index in [0.717, 1.165) is 21.8 Å². The summed E-state index contributed by atoms with van der Waals surface area (Å²) >= 11 is 1.66. The average Bonchev–Trinajstić information content (AvgIpc) is 2.88. The lowest BCUT2D eigenvalue weighted by molar-refractivity contribution is 0.474. The first-order valence-electron chi connectivity index (χ1n) is 6.38. The van der Waals surface area contributed by atoms with Crippen LogP contribution in [-0.4, -0.2) is 15.8 Å². The van der Waals surface area contributed by atoms with Gasteiger partial charge in [-0.25, -0.2) is 4.98 Å². The van der Waals surface area contributed by atoms with Crippen LogP contribution < -0.4 is 0 Å². The van der Waals surface area contributed by atoms with E-state index < -0.39 is 0 Å². The first kappa shape index (κ1) is 12.8. The molecule has 0 saturated heterocycles. The molecular weight excluding hydrogens is 268 g/mol. The molecule has 0 fully saturated rings. The zero-order chi connectivity index (χ0) is 13.9. The summed E-state index contributed by atoms with van der Waals surface area (Å²) in [4.78, 5) is 9.08. The summed E-state index contributed by atoms with van der Waals surface area (Å²) in [5.74, 6) is 0.262. The van der Waals surface area contributed by atoms with Gasteiger partial charge in [0.1, 0.15) is 10.8 Å². The summed E-state index contributed by atoms with van der Waals surface area (Å²) in [5, 5.41) is 10.8. The molecule has 0 aliphatic heterocycles. The molecule has 0 amide bonds. The summed E-state index contributed by atoms with van der Waals surface area (Å²) in [5.41, 5.74) is 2.61. The molecule has 0 spiro atoms. The number of fused-ring (bicyclic) bond motifs is 1. The van der Waals surface area contributed by atoms with Gasteiger partial charge in [0.15, 0.2) is 0 Å². The minimum atomic E-state index is 0.262. The van der Waals surface area contributed by atoms with E-state index in [0.29, 0.717) is 6.54 Å². The van der Waals surface area contributed by atoms with Crippen molar-refractivity contribution in [1.29, 1.82) is 0 Å². The Kier molecular flexibility index (Phi) is 3.48. The molecule has 0 bridgehead atoms. The second-order valence-corrected chi connectivity index (χ2v) is 5.61. The molecule has 0 radical (unpaired) electrons. The minimum absolute atomic E-state index is 0.262. The number of phenols is 1. The highest BCUT2D eigenvalue weighted by atomic mass is 32.1. The quantitative estimate of drug-likeness (QED) is 0.738. The van der Waals surface area contributed by atoms with Crippen molar-refractivity contribution in [3.05, 3.63) is 59.1 Å². The maximum atomic E-state index is 9.80. The molecule has 1 heterocycles. The van der Waals surface area contributed by atoms with Crippen LogP contribution in [-0.2, 0) is 6.54 Å². The van der Waals surface area contributed by atoms with Crippen molar-refractivity contribution >= 4 is 27.3 Å². The van der Waals surface area contributed by atoms with Gasteiger partial charge < -0.3 is 5.11 Å². The Bertz CT molecular complexity index is 744. The molecule has 4 heteroatoms.